The quantitative estimate of drug-likeness (QED) is 0.826. The molecule has 6 heteroatoms. The van der Waals surface area contributed by atoms with E-state index in [9.17, 15) is 13.2 Å². The van der Waals surface area contributed by atoms with Gasteiger partial charge in [-0.3, -0.25) is 0 Å². The molecule has 2 N–H and O–H groups in total. The molecule has 0 aliphatic rings. The van der Waals surface area contributed by atoms with Gasteiger partial charge in [-0.05, 0) is 24.6 Å². The monoisotopic (exact) mass is 263 g/mol. The fourth-order valence-corrected chi connectivity index (χ4v) is 1.29. The first-order valence-electron chi connectivity index (χ1n) is 5.54. The van der Waals surface area contributed by atoms with Gasteiger partial charge in [0.1, 0.15) is 5.75 Å². The maximum absolute atomic E-state index is 11.9. The zero-order chi connectivity index (χ0) is 13.6. The minimum Gasteiger partial charge on any atom is -0.484 e. The summed E-state index contributed by atoms with van der Waals surface area (Å²) in [4.78, 5) is 0. The maximum atomic E-state index is 11.9. The predicted octanol–water partition coefficient (Wildman–Crippen LogP) is 2.10. The molecule has 0 saturated heterocycles. The Balaban J connectivity index is 2.38. The zero-order valence-electron chi connectivity index (χ0n) is 10.00. The van der Waals surface area contributed by atoms with E-state index in [0.29, 0.717) is 13.1 Å². The summed E-state index contributed by atoms with van der Waals surface area (Å²) in [5.74, 6) is 0.187. The Morgan fingerprint density at radius 2 is 1.89 bits per heavy atom. The molecule has 1 rings (SSSR count). The second-order valence-corrected chi connectivity index (χ2v) is 4.03. The summed E-state index contributed by atoms with van der Waals surface area (Å²) in [5, 5.41) is 12.0. The van der Waals surface area contributed by atoms with Crippen molar-refractivity contribution in [3.8, 4) is 5.75 Å². The van der Waals surface area contributed by atoms with Gasteiger partial charge in [0, 0.05) is 13.1 Å². The van der Waals surface area contributed by atoms with Gasteiger partial charge in [-0.25, -0.2) is 0 Å². The van der Waals surface area contributed by atoms with Crippen molar-refractivity contribution >= 4 is 0 Å². The Morgan fingerprint density at radius 1 is 1.28 bits per heavy atom. The van der Waals surface area contributed by atoms with Crippen molar-refractivity contribution in [3.63, 3.8) is 0 Å². The SMILES string of the molecule is CC(O)CNCc1ccc(OCC(F)(F)F)cc1. The molecule has 0 aliphatic carbocycles. The molecule has 3 nitrogen and oxygen atoms in total. The van der Waals surface area contributed by atoms with Crippen LogP contribution < -0.4 is 10.1 Å². The molecule has 1 unspecified atom stereocenters. The van der Waals surface area contributed by atoms with Crippen LogP contribution in [0.25, 0.3) is 0 Å². The highest BCUT2D eigenvalue weighted by Gasteiger charge is 2.28. The number of rotatable bonds is 6. The number of aliphatic hydroxyl groups excluding tert-OH is 1. The van der Waals surface area contributed by atoms with Crippen LogP contribution in [0.3, 0.4) is 0 Å². The van der Waals surface area contributed by atoms with Crippen LogP contribution in [0.15, 0.2) is 24.3 Å². The fraction of sp³-hybridized carbons (Fsp3) is 0.500. The van der Waals surface area contributed by atoms with Crippen molar-refractivity contribution in [1.29, 1.82) is 0 Å². The molecule has 0 spiro atoms. The molecule has 0 saturated carbocycles. The molecule has 0 aliphatic heterocycles. The Kier molecular flexibility index (Phi) is 5.43. The molecule has 1 atom stereocenters. The van der Waals surface area contributed by atoms with Gasteiger partial charge in [-0.15, -0.1) is 0 Å². The van der Waals surface area contributed by atoms with Gasteiger partial charge >= 0.3 is 6.18 Å². The molecule has 0 amide bonds. The maximum Gasteiger partial charge on any atom is 0.422 e. The zero-order valence-corrected chi connectivity index (χ0v) is 10.00. The van der Waals surface area contributed by atoms with Crippen LogP contribution >= 0.6 is 0 Å². The molecule has 0 heterocycles. The Bertz CT molecular complexity index is 349. The van der Waals surface area contributed by atoms with Gasteiger partial charge in [0.15, 0.2) is 6.61 Å². The second-order valence-electron chi connectivity index (χ2n) is 4.03. The summed E-state index contributed by atoms with van der Waals surface area (Å²) in [7, 11) is 0. The highest BCUT2D eigenvalue weighted by atomic mass is 19.4. The highest BCUT2D eigenvalue weighted by molar-refractivity contribution is 5.27. The number of aliphatic hydroxyl groups is 1. The third kappa shape index (κ3) is 6.46. The highest BCUT2D eigenvalue weighted by Crippen LogP contribution is 2.18. The number of hydrogen-bond acceptors (Lipinski definition) is 3. The fourth-order valence-electron chi connectivity index (χ4n) is 1.29. The first-order valence-corrected chi connectivity index (χ1v) is 5.54. The van der Waals surface area contributed by atoms with E-state index in [4.69, 9.17) is 5.11 Å². The van der Waals surface area contributed by atoms with E-state index in [-0.39, 0.29) is 5.75 Å². The lowest BCUT2D eigenvalue weighted by Crippen LogP contribution is -2.23. The molecule has 0 fully saturated rings. The second kappa shape index (κ2) is 6.61. The summed E-state index contributed by atoms with van der Waals surface area (Å²) in [5.41, 5.74) is 0.912. The minimum absolute atomic E-state index is 0.187. The summed E-state index contributed by atoms with van der Waals surface area (Å²) in [6.07, 6.45) is -4.75. The summed E-state index contributed by atoms with van der Waals surface area (Å²) >= 11 is 0. The number of nitrogens with one attached hydrogen (secondary N) is 1. The lowest BCUT2D eigenvalue weighted by molar-refractivity contribution is -0.153. The first kappa shape index (κ1) is 14.8. The topological polar surface area (TPSA) is 41.5 Å². The Hall–Kier alpha value is -1.27. The molecule has 18 heavy (non-hydrogen) atoms. The van der Waals surface area contributed by atoms with Crippen LogP contribution in [-0.2, 0) is 6.54 Å². The first-order chi connectivity index (χ1) is 8.37. The van der Waals surface area contributed by atoms with Crippen molar-refractivity contribution in [2.45, 2.75) is 25.7 Å². The number of benzene rings is 1. The minimum atomic E-state index is -4.32. The number of hydrogen-bond donors (Lipinski definition) is 2. The van der Waals surface area contributed by atoms with E-state index >= 15 is 0 Å². The van der Waals surface area contributed by atoms with Crippen LogP contribution in [0.5, 0.6) is 5.75 Å². The smallest absolute Gasteiger partial charge is 0.422 e. The molecule has 0 radical (unpaired) electrons. The summed E-state index contributed by atoms with van der Waals surface area (Å²) in [6, 6.07) is 6.34. The van der Waals surface area contributed by atoms with Crippen LogP contribution in [0.2, 0.25) is 0 Å². The number of ether oxygens (including phenoxy) is 1. The van der Waals surface area contributed by atoms with E-state index in [1.54, 1.807) is 19.1 Å². The average Bonchev–Trinajstić information content (AvgIpc) is 2.26. The van der Waals surface area contributed by atoms with Crippen molar-refractivity contribution in [2.24, 2.45) is 0 Å². The summed E-state index contributed by atoms with van der Waals surface area (Å²) < 4.78 is 40.3. The Labute approximate surface area is 104 Å². The van der Waals surface area contributed by atoms with Gasteiger partial charge < -0.3 is 15.2 Å². The third-order valence-electron chi connectivity index (χ3n) is 2.09. The molecule has 0 aromatic heterocycles. The van der Waals surface area contributed by atoms with Crippen molar-refractivity contribution in [3.05, 3.63) is 29.8 Å². The largest absolute Gasteiger partial charge is 0.484 e. The summed E-state index contributed by atoms with van der Waals surface area (Å²) in [6.45, 7) is 1.39. The van der Waals surface area contributed by atoms with Crippen LogP contribution in [0.1, 0.15) is 12.5 Å². The normalized spacial score (nSPS) is 13.4. The number of alkyl halides is 3. The van der Waals surface area contributed by atoms with Crippen LogP contribution in [0, 0.1) is 0 Å². The van der Waals surface area contributed by atoms with Gasteiger partial charge in [0.05, 0.1) is 6.10 Å². The van der Waals surface area contributed by atoms with E-state index < -0.39 is 18.9 Å². The van der Waals surface area contributed by atoms with E-state index in [1.807, 2.05) is 0 Å². The van der Waals surface area contributed by atoms with Crippen molar-refractivity contribution < 1.29 is 23.0 Å². The van der Waals surface area contributed by atoms with Gasteiger partial charge in [0.25, 0.3) is 0 Å². The Morgan fingerprint density at radius 3 is 2.39 bits per heavy atom. The van der Waals surface area contributed by atoms with Crippen LogP contribution in [-0.4, -0.2) is 30.5 Å². The predicted molar refractivity (Wildman–Crippen MR) is 61.4 cm³/mol. The van der Waals surface area contributed by atoms with E-state index in [2.05, 4.69) is 10.1 Å². The molecular formula is C12H16F3NO2. The van der Waals surface area contributed by atoms with E-state index in [0.717, 1.165) is 5.56 Å². The van der Waals surface area contributed by atoms with Gasteiger partial charge in [-0.2, -0.15) is 13.2 Å². The molecule has 102 valence electrons. The third-order valence-corrected chi connectivity index (χ3v) is 2.09. The van der Waals surface area contributed by atoms with E-state index in [1.165, 1.54) is 12.1 Å². The molecular weight excluding hydrogens is 247 g/mol. The molecule has 1 aromatic carbocycles. The van der Waals surface area contributed by atoms with Crippen molar-refractivity contribution in [2.75, 3.05) is 13.2 Å². The van der Waals surface area contributed by atoms with Crippen molar-refractivity contribution in [1.82, 2.24) is 5.32 Å². The molecule has 0 bridgehead atoms. The van der Waals surface area contributed by atoms with Crippen LogP contribution in [0.4, 0.5) is 13.2 Å². The van der Waals surface area contributed by atoms with Gasteiger partial charge in [-0.1, -0.05) is 12.1 Å². The lowest BCUT2D eigenvalue weighted by Gasteiger charge is -2.10. The molecule has 1 aromatic rings. The van der Waals surface area contributed by atoms with Gasteiger partial charge in [0.2, 0.25) is 0 Å². The standard InChI is InChI=1S/C12H16F3NO2/c1-9(17)6-16-7-10-2-4-11(5-3-10)18-8-12(13,14)15/h2-5,9,16-17H,6-8H2,1H3. The average molecular weight is 263 g/mol. The number of halogens is 3. The lowest BCUT2D eigenvalue weighted by atomic mass is 10.2.